The Morgan fingerprint density at radius 1 is 1.25 bits per heavy atom. The maximum atomic E-state index is 13.3. The molecule has 126 valence electrons. The molecule has 1 aromatic carbocycles. The summed E-state index contributed by atoms with van der Waals surface area (Å²) in [5.74, 6) is -0.611. The Morgan fingerprint density at radius 2 is 2.04 bits per heavy atom. The van der Waals surface area contributed by atoms with Gasteiger partial charge in [0, 0.05) is 31.9 Å². The molecule has 0 bridgehead atoms. The predicted octanol–water partition coefficient (Wildman–Crippen LogP) is 1.32. The van der Waals surface area contributed by atoms with Crippen molar-refractivity contribution in [1.82, 2.24) is 19.6 Å². The first-order valence-electron chi connectivity index (χ1n) is 7.74. The van der Waals surface area contributed by atoms with Crippen molar-refractivity contribution in [3.8, 4) is 0 Å². The van der Waals surface area contributed by atoms with E-state index in [0.717, 1.165) is 5.56 Å². The van der Waals surface area contributed by atoms with Crippen molar-refractivity contribution >= 4 is 11.8 Å². The average Bonchev–Trinajstić information content (AvgIpc) is 2.94. The molecule has 0 N–H and O–H groups in total. The van der Waals surface area contributed by atoms with Gasteiger partial charge in [-0.2, -0.15) is 5.10 Å². The van der Waals surface area contributed by atoms with Gasteiger partial charge in [-0.25, -0.2) is 4.39 Å². The highest BCUT2D eigenvalue weighted by molar-refractivity contribution is 5.94. The van der Waals surface area contributed by atoms with E-state index in [1.165, 1.54) is 17.0 Å². The number of carbonyl (C=O) groups excluding carboxylic acids is 2. The van der Waals surface area contributed by atoms with Gasteiger partial charge in [0.2, 0.25) is 11.8 Å². The Kier molecular flexibility index (Phi) is 4.33. The minimum atomic E-state index is -0.556. The number of piperazine rings is 1. The summed E-state index contributed by atoms with van der Waals surface area (Å²) in [4.78, 5) is 28.1. The summed E-state index contributed by atoms with van der Waals surface area (Å²) in [5.41, 5.74) is 1.55. The van der Waals surface area contributed by atoms with E-state index in [2.05, 4.69) is 5.10 Å². The van der Waals surface area contributed by atoms with Crippen LogP contribution in [0.2, 0.25) is 0 Å². The molecule has 1 aliphatic rings. The van der Waals surface area contributed by atoms with Crippen molar-refractivity contribution in [2.75, 3.05) is 6.54 Å². The number of carbonyl (C=O) groups is 2. The fraction of sp³-hybridized carbons (Fsp3) is 0.353. The molecule has 7 heteroatoms. The lowest BCUT2D eigenvalue weighted by atomic mass is 10.1. The second-order valence-corrected chi connectivity index (χ2v) is 6.04. The number of nitrogens with zero attached hydrogens (tertiary/aromatic N) is 4. The van der Waals surface area contributed by atoms with E-state index in [-0.39, 0.29) is 30.7 Å². The molecule has 3 rings (SSSR count). The monoisotopic (exact) mass is 330 g/mol. The molecule has 1 fully saturated rings. The van der Waals surface area contributed by atoms with Crippen LogP contribution in [0.15, 0.2) is 36.7 Å². The molecular weight excluding hydrogens is 311 g/mol. The van der Waals surface area contributed by atoms with E-state index < -0.39 is 6.04 Å². The van der Waals surface area contributed by atoms with Gasteiger partial charge in [-0.1, -0.05) is 12.1 Å². The smallest absolute Gasteiger partial charge is 0.245 e. The van der Waals surface area contributed by atoms with Crippen LogP contribution in [0.4, 0.5) is 4.39 Å². The van der Waals surface area contributed by atoms with Gasteiger partial charge in [0.1, 0.15) is 18.4 Å². The first kappa shape index (κ1) is 16.2. The summed E-state index contributed by atoms with van der Waals surface area (Å²) in [6.07, 6.45) is 3.51. The Morgan fingerprint density at radius 3 is 2.71 bits per heavy atom. The molecule has 0 unspecified atom stereocenters. The fourth-order valence-corrected chi connectivity index (χ4v) is 2.91. The number of aromatic nitrogens is 2. The van der Waals surface area contributed by atoms with E-state index >= 15 is 0 Å². The highest BCUT2D eigenvalue weighted by Gasteiger charge is 2.36. The topological polar surface area (TPSA) is 58.4 Å². The van der Waals surface area contributed by atoms with Crippen LogP contribution < -0.4 is 0 Å². The van der Waals surface area contributed by atoms with Gasteiger partial charge >= 0.3 is 0 Å². The Hall–Kier alpha value is -2.70. The summed E-state index contributed by atoms with van der Waals surface area (Å²) < 4.78 is 15.0. The molecule has 1 atom stereocenters. The van der Waals surface area contributed by atoms with Crippen LogP contribution in [-0.4, -0.2) is 44.0 Å². The summed E-state index contributed by atoms with van der Waals surface area (Å²) in [6.45, 7) is 2.30. The number of aryl methyl sites for hydroxylation is 1. The molecule has 2 heterocycles. The molecule has 2 amide bonds. The molecule has 1 saturated heterocycles. The third-order valence-electron chi connectivity index (χ3n) is 4.16. The Balaban J connectivity index is 1.72. The average molecular weight is 330 g/mol. The van der Waals surface area contributed by atoms with Crippen molar-refractivity contribution in [3.05, 3.63) is 53.6 Å². The van der Waals surface area contributed by atoms with Crippen LogP contribution >= 0.6 is 0 Å². The quantitative estimate of drug-likeness (QED) is 0.849. The van der Waals surface area contributed by atoms with Crippen LogP contribution in [0.5, 0.6) is 0 Å². The lowest BCUT2D eigenvalue weighted by molar-refractivity contribution is -0.156. The largest absolute Gasteiger partial charge is 0.327 e. The lowest BCUT2D eigenvalue weighted by Gasteiger charge is -2.38. The van der Waals surface area contributed by atoms with Gasteiger partial charge < -0.3 is 9.80 Å². The summed E-state index contributed by atoms with van der Waals surface area (Å²) >= 11 is 0. The Bertz CT molecular complexity index is 773. The first-order valence-corrected chi connectivity index (χ1v) is 7.74. The highest BCUT2D eigenvalue weighted by atomic mass is 19.1. The highest BCUT2D eigenvalue weighted by Crippen LogP contribution is 2.18. The molecule has 24 heavy (non-hydrogen) atoms. The van der Waals surface area contributed by atoms with Crippen molar-refractivity contribution < 1.29 is 14.0 Å². The summed E-state index contributed by atoms with van der Waals surface area (Å²) in [6, 6.07) is 5.52. The van der Waals surface area contributed by atoms with Gasteiger partial charge in [0.15, 0.2) is 0 Å². The normalized spacial score (nSPS) is 18.4. The second-order valence-electron chi connectivity index (χ2n) is 6.04. The molecule has 0 aliphatic carbocycles. The number of benzene rings is 1. The molecular formula is C17H19FN4O2. The molecule has 1 aromatic heterocycles. The van der Waals surface area contributed by atoms with Gasteiger partial charge in [-0.05, 0) is 24.6 Å². The number of hydrogen-bond donors (Lipinski definition) is 0. The van der Waals surface area contributed by atoms with Gasteiger partial charge in [0.25, 0.3) is 0 Å². The van der Waals surface area contributed by atoms with Gasteiger partial charge in [0.05, 0.1) is 6.20 Å². The lowest BCUT2D eigenvalue weighted by Crippen LogP contribution is -2.57. The van der Waals surface area contributed by atoms with Crippen LogP contribution in [0.3, 0.4) is 0 Å². The molecule has 2 aromatic rings. The molecule has 0 saturated carbocycles. The van der Waals surface area contributed by atoms with E-state index in [0.29, 0.717) is 12.1 Å². The van der Waals surface area contributed by atoms with Crippen molar-refractivity contribution in [3.63, 3.8) is 0 Å². The van der Waals surface area contributed by atoms with E-state index in [4.69, 9.17) is 0 Å². The predicted molar refractivity (Wildman–Crippen MR) is 85.0 cm³/mol. The molecule has 1 aliphatic heterocycles. The zero-order valence-electron chi connectivity index (χ0n) is 13.6. The van der Waals surface area contributed by atoms with E-state index in [1.54, 1.807) is 41.9 Å². The standard InChI is InChI=1S/C17H19FN4O2/c1-12-17(24)21(9-13-4-3-5-15(18)6-13)11-16(23)22(12)10-14-7-19-20(2)8-14/h3-8,12H,9-11H2,1-2H3/t12-/m0/s1. The minimum Gasteiger partial charge on any atom is -0.327 e. The van der Waals surface area contributed by atoms with Gasteiger partial charge in [-0.15, -0.1) is 0 Å². The minimum absolute atomic E-state index is 0.0000508. The number of amides is 2. The van der Waals surface area contributed by atoms with Crippen LogP contribution in [0, 0.1) is 5.82 Å². The van der Waals surface area contributed by atoms with Gasteiger partial charge in [-0.3, -0.25) is 14.3 Å². The number of halogens is 1. The molecule has 6 nitrogen and oxygen atoms in total. The van der Waals surface area contributed by atoms with Crippen molar-refractivity contribution in [2.24, 2.45) is 7.05 Å². The fourth-order valence-electron chi connectivity index (χ4n) is 2.91. The zero-order chi connectivity index (χ0) is 17.3. The third kappa shape index (κ3) is 3.29. The number of rotatable bonds is 4. The maximum absolute atomic E-state index is 13.3. The SMILES string of the molecule is C[C@H]1C(=O)N(Cc2cccc(F)c2)CC(=O)N1Cc1cnn(C)c1. The first-order chi connectivity index (χ1) is 11.4. The van der Waals surface area contributed by atoms with Crippen molar-refractivity contribution in [2.45, 2.75) is 26.1 Å². The zero-order valence-corrected chi connectivity index (χ0v) is 13.6. The summed E-state index contributed by atoms with van der Waals surface area (Å²) in [5, 5.41) is 4.08. The molecule has 0 radical (unpaired) electrons. The van der Waals surface area contributed by atoms with E-state index in [1.807, 2.05) is 6.20 Å². The Labute approximate surface area is 139 Å². The number of hydrogen-bond acceptors (Lipinski definition) is 3. The van der Waals surface area contributed by atoms with Crippen LogP contribution in [-0.2, 0) is 29.7 Å². The second kappa shape index (κ2) is 6.43. The van der Waals surface area contributed by atoms with Crippen molar-refractivity contribution in [1.29, 1.82) is 0 Å². The molecule has 0 spiro atoms. The van der Waals surface area contributed by atoms with E-state index in [9.17, 15) is 14.0 Å². The summed E-state index contributed by atoms with van der Waals surface area (Å²) in [7, 11) is 1.80. The van der Waals surface area contributed by atoms with Crippen LogP contribution in [0.1, 0.15) is 18.1 Å². The van der Waals surface area contributed by atoms with Crippen LogP contribution in [0.25, 0.3) is 0 Å². The maximum Gasteiger partial charge on any atom is 0.245 e. The third-order valence-corrected chi connectivity index (χ3v) is 4.16.